The highest BCUT2D eigenvalue weighted by Gasteiger charge is 2.44. The molecule has 7 nitrogen and oxygen atoms in total. The molecule has 0 unspecified atom stereocenters. The Morgan fingerprint density at radius 2 is 1.88 bits per heavy atom. The van der Waals surface area contributed by atoms with Crippen LogP contribution in [-0.4, -0.2) is 64.2 Å². The predicted molar refractivity (Wildman–Crippen MR) is 96.2 cm³/mol. The number of ether oxygens (including phenoxy) is 3. The van der Waals surface area contributed by atoms with Gasteiger partial charge < -0.3 is 29.5 Å². The number of aliphatic hydroxyl groups is 3. The molecule has 7 heteroatoms. The first-order valence-electron chi connectivity index (χ1n) is 8.61. The smallest absolute Gasteiger partial charge is 0.333 e. The highest BCUT2D eigenvalue weighted by molar-refractivity contribution is 5.87. The van der Waals surface area contributed by atoms with E-state index in [9.17, 15) is 20.1 Å². The van der Waals surface area contributed by atoms with Crippen molar-refractivity contribution in [2.75, 3.05) is 6.61 Å². The zero-order chi connectivity index (χ0) is 19.9. The van der Waals surface area contributed by atoms with Crippen molar-refractivity contribution >= 4 is 5.97 Å². The lowest BCUT2D eigenvalue weighted by molar-refractivity contribution is -0.313. The van der Waals surface area contributed by atoms with Gasteiger partial charge in [-0.1, -0.05) is 24.8 Å². The molecular weight excluding hydrogens is 340 g/mol. The zero-order valence-electron chi connectivity index (χ0n) is 15.6. The SMILES string of the molecule is C=CCOC(=O)/C(C)=C/CC[C@](C)(C=C)O[C@@H]1O[C@H](C)[C@@H](O)[C@H](O)[C@H]1O. The van der Waals surface area contributed by atoms with E-state index >= 15 is 0 Å². The fraction of sp³-hybridized carbons (Fsp3) is 0.632. The third kappa shape index (κ3) is 6.03. The molecule has 3 N–H and O–H groups in total. The average molecular weight is 370 g/mol. The summed E-state index contributed by atoms with van der Waals surface area (Å²) in [6, 6.07) is 0. The van der Waals surface area contributed by atoms with Gasteiger partial charge in [-0.15, -0.1) is 6.58 Å². The Morgan fingerprint density at radius 1 is 1.23 bits per heavy atom. The van der Waals surface area contributed by atoms with E-state index in [1.807, 2.05) is 0 Å². The molecule has 0 spiro atoms. The second kappa shape index (κ2) is 9.99. The monoisotopic (exact) mass is 370 g/mol. The quantitative estimate of drug-likeness (QED) is 0.318. The predicted octanol–water partition coefficient (Wildman–Crippen LogP) is 1.23. The largest absolute Gasteiger partial charge is 0.458 e. The Kier molecular flexibility index (Phi) is 8.66. The van der Waals surface area contributed by atoms with E-state index in [1.165, 1.54) is 6.08 Å². The molecule has 0 radical (unpaired) electrons. The van der Waals surface area contributed by atoms with Gasteiger partial charge in [-0.25, -0.2) is 4.79 Å². The minimum atomic E-state index is -1.38. The fourth-order valence-electron chi connectivity index (χ4n) is 2.49. The molecule has 6 atom stereocenters. The fourth-order valence-corrected chi connectivity index (χ4v) is 2.49. The van der Waals surface area contributed by atoms with Crippen LogP contribution in [0.5, 0.6) is 0 Å². The van der Waals surface area contributed by atoms with Crippen LogP contribution in [0.2, 0.25) is 0 Å². The Hall–Kier alpha value is -1.51. The number of aliphatic hydroxyl groups excluding tert-OH is 3. The van der Waals surface area contributed by atoms with Crippen molar-refractivity contribution in [3.63, 3.8) is 0 Å². The summed E-state index contributed by atoms with van der Waals surface area (Å²) in [5, 5.41) is 29.7. The molecule has 0 aromatic heterocycles. The van der Waals surface area contributed by atoms with Crippen LogP contribution in [0, 0.1) is 0 Å². The van der Waals surface area contributed by atoms with E-state index in [4.69, 9.17) is 14.2 Å². The third-order valence-corrected chi connectivity index (χ3v) is 4.37. The molecule has 1 fully saturated rings. The van der Waals surface area contributed by atoms with E-state index in [0.717, 1.165) is 0 Å². The van der Waals surface area contributed by atoms with Gasteiger partial charge >= 0.3 is 5.97 Å². The summed E-state index contributed by atoms with van der Waals surface area (Å²) >= 11 is 0. The summed E-state index contributed by atoms with van der Waals surface area (Å²) in [4.78, 5) is 11.7. The summed E-state index contributed by atoms with van der Waals surface area (Å²) in [7, 11) is 0. The van der Waals surface area contributed by atoms with E-state index in [-0.39, 0.29) is 6.61 Å². The molecule has 1 heterocycles. The van der Waals surface area contributed by atoms with E-state index in [0.29, 0.717) is 18.4 Å². The molecule has 0 amide bonds. The van der Waals surface area contributed by atoms with Gasteiger partial charge in [0.1, 0.15) is 24.9 Å². The number of carbonyl (C=O) groups excluding carboxylic acids is 1. The van der Waals surface area contributed by atoms with Crippen molar-refractivity contribution < 1.29 is 34.3 Å². The number of hydrogen-bond acceptors (Lipinski definition) is 7. The number of allylic oxidation sites excluding steroid dienone is 1. The first-order valence-corrected chi connectivity index (χ1v) is 8.61. The second-order valence-corrected chi connectivity index (χ2v) is 6.63. The Morgan fingerprint density at radius 3 is 2.46 bits per heavy atom. The van der Waals surface area contributed by atoms with E-state index < -0.39 is 42.3 Å². The van der Waals surface area contributed by atoms with Crippen LogP contribution >= 0.6 is 0 Å². The van der Waals surface area contributed by atoms with Crippen LogP contribution in [0.4, 0.5) is 0 Å². The standard InChI is InChI=1S/C19H30O7/c1-6-11-24-17(23)12(3)9-8-10-19(5,7-2)26-18-16(22)15(21)14(20)13(4)25-18/h6-7,9,13-16,18,20-22H,1-2,8,10-11H2,3-5H3/b12-9+/t13-,14-,15+,16-,18+,19+/m1/s1. The van der Waals surface area contributed by atoms with Gasteiger partial charge in [-0.05, 0) is 33.6 Å². The first-order chi connectivity index (χ1) is 12.1. The number of hydrogen-bond donors (Lipinski definition) is 3. The maximum atomic E-state index is 11.7. The Balaban J connectivity index is 2.66. The highest BCUT2D eigenvalue weighted by atomic mass is 16.7. The van der Waals surface area contributed by atoms with Crippen LogP contribution in [0.1, 0.15) is 33.6 Å². The minimum absolute atomic E-state index is 0.154. The van der Waals surface area contributed by atoms with Crippen molar-refractivity contribution in [1.29, 1.82) is 0 Å². The lowest BCUT2D eigenvalue weighted by Crippen LogP contribution is -2.58. The third-order valence-electron chi connectivity index (χ3n) is 4.37. The normalized spacial score (nSPS) is 31.8. The van der Waals surface area contributed by atoms with Crippen LogP contribution in [0.25, 0.3) is 0 Å². The molecule has 26 heavy (non-hydrogen) atoms. The van der Waals surface area contributed by atoms with Crippen molar-refractivity contribution in [3.05, 3.63) is 37.0 Å². The summed E-state index contributed by atoms with van der Waals surface area (Å²) < 4.78 is 16.2. The molecule has 0 aliphatic carbocycles. The van der Waals surface area contributed by atoms with Crippen LogP contribution in [0.3, 0.4) is 0 Å². The lowest BCUT2D eigenvalue weighted by atomic mass is 9.97. The maximum absolute atomic E-state index is 11.7. The van der Waals surface area contributed by atoms with E-state index in [2.05, 4.69) is 13.2 Å². The van der Waals surface area contributed by atoms with Crippen molar-refractivity contribution in [3.8, 4) is 0 Å². The topological polar surface area (TPSA) is 105 Å². The van der Waals surface area contributed by atoms with E-state index in [1.54, 1.807) is 32.9 Å². The molecule has 0 aromatic rings. The lowest BCUT2D eigenvalue weighted by Gasteiger charge is -2.42. The molecule has 1 rings (SSSR count). The van der Waals surface area contributed by atoms with Gasteiger partial charge in [-0.3, -0.25) is 0 Å². The molecular formula is C19H30O7. The summed E-state index contributed by atoms with van der Waals surface area (Å²) in [5.74, 6) is -0.414. The van der Waals surface area contributed by atoms with Gasteiger partial charge in [0, 0.05) is 5.57 Å². The minimum Gasteiger partial charge on any atom is -0.458 e. The van der Waals surface area contributed by atoms with Crippen LogP contribution in [-0.2, 0) is 19.0 Å². The van der Waals surface area contributed by atoms with Crippen molar-refractivity contribution in [2.45, 2.75) is 69.9 Å². The Bertz CT molecular complexity index is 530. The Labute approximate surface area is 154 Å². The highest BCUT2D eigenvalue weighted by Crippen LogP contribution is 2.29. The molecule has 1 aliphatic rings. The molecule has 1 saturated heterocycles. The number of esters is 1. The summed E-state index contributed by atoms with van der Waals surface area (Å²) in [6.07, 6.45) is 0.0422. The molecule has 148 valence electrons. The van der Waals surface area contributed by atoms with Gasteiger partial charge in [0.15, 0.2) is 6.29 Å². The maximum Gasteiger partial charge on any atom is 0.333 e. The first kappa shape index (κ1) is 22.5. The molecule has 1 aliphatic heterocycles. The number of carbonyl (C=O) groups is 1. The second-order valence-electron chi connectivity index (χ2n) is 6.63. The van der Waals surface area contributed by atoms with Gasteiger partial charge in [0.25, 0.3) is 0 Å². The average Bonchev–Trinajstić information content (AvgIpc) is 2.62. The van der Waals surface area contributed by atoms with Crippen LogP contribution in [0.15, 0.2) is 37.0 Å². The van der Waals surface area contributed by atoms with Gasteiger partial charge in [0.05, 0.1) is 11.7 Å². The summed E-state index contributed by atoms with van der Waals surface area (Å²) in [5.41, 5.74) is -0.394. The zero-order valence-corrected chi connectivity index (χ0v) is 15.6. The van der Waals surface area contributed by atoms with Gasteiger partial charge in [0.2, 0.25) is 0 Å². The van der Waals surface area contributed by atoms with Gasteiger partial charge in [-0.2, -0.15) is 0 Å². The summed E-state index contributed by atoms with van der Waals surface area (Å²) in [6.45, 7) is 12.4. The van der Waals surface area contributed by atoms with Crippen molar-refractivity contribution in [1.82, 2.24) is 0 Å². The molecule has 0 bridgehead atoms. The number of rotatable bonds is 9. The molecule has 0 aromatic carbocycles. The molecule has 0 saturated carbocycles. The van der Waals surface area contributed by atoms with Crippen LogP contribution < -0.4 is 0 Å². The van der Waals surface area contributed by atoms with Crippen molar-refractivity contribution in [2.24, 2.45) is 0 Å².